The van der Waals surface area contributed by atoms with Gasteiger partial charge in [-0.1, -0.05) is 5.92 Å². The van der Waals surface area contributed by atoms with Gasteiger partial charge in [-0.3, -0.25) is 4.79 Å². The van der Waals surface area contributed by atoms with Crippen LogP contribution in [0.25, 0.3) is 0 Å². The lowest BCUT2D eigenvalue weighted by Crippen LogP contribution is -2.41. The number of amides is 1. The van der Waals surface area contributed by atoms with E-state index in [0.29, 0.717) is 19.5 Å². The van der Waals surface area contributed by atoms with Crippen LogP contribution in [0.15, 0.2) is 0 Å². The third-order valence-electron chi connectivity index (χ3n) is 2.11. The molecule has 2 N–H and O–H groups in total. The van der Waals surface area contributed by atoms with Crippen molar-refractivity contribution in [3.63, 3.8) is 0 Å². The second-order valence-corrected chi connectivity index (χ2v) is 3.25. The maximum absolute atomic E-state index is 11.5. The minimum absolute atomic E-state index is 0.0468. The number of terminal acetylenes is 1. The minimum atomic E-state index is -0.409. The van der Waals surface area contributed by atoms with Crippen molar-refractivity contribution in [3.05, 3.63) is 0 Å². The van der Waals surface area contributed by atoms with Crippen molar-refractivity contribution in [2.75, 3.05) is 20.1 Å². The number of nitrogens with one attached hydrogen (secondary N) is 1. The zero-order valence-corrected chi connectivity index (χ0v) is 7.66. The minimum Gasteiger partial charge on any atom is -0.392 e. The fourth-order valence-electron chi connectivity index (χ4n) is 1.39. The van der Waals surface area contributed by atoms with Gasteiger partial charge >= 0.3 is 0 Å². The third-order valence-corrected chi connectivity index (χ3v) is 2.11. The summed E-state index contributed by atoms with van der Waals surface area (Å²) in [6.45, 7) is 0.799. The largest absolute Gasteiger partial charge is 0.392 e. The first-order chi connectivity index (χ1) is 6.15. The van der Waals surface area contributed by atoms with Crippen LogP contribution in [-0.4, -0.2) is 48.2 Å². The number of aliphatic hydroxyl groups excluding tert-OH is 1. The molecule has 0 aromatic carbocycles. The molecule has 1 aliphatic rings. The summed E-state index contributed by atoms with van der Waals surface area (Å²) in [6.07, 6.45) is 5.15. The Balaban J connectivity index is 2.44. The number of hydrogen-bond donors (Lipinski definition) is 2. The van der Waals surface area contributed by atoms with Gasteiger partial charge in [0.25, 0.3) is 0 Å². The molecule has 1 amide bonds. The number of likely N-dealkylation sites (N-methyl/N-ethyl adjacent to an activating group) is 1. The number of nitrogens with zero attached hydrogens (tertiary/aromatic N) is 1. The maximum Gasteiger partial charge on any atom is 0.240 e. The number of carbonyl (C=O) groups is 1. The number of aliphatic hydroxyl groups is 1. The molecule has 2 unspecified atom stereocenters. The lowest BCUT2D eigenvalue weighted by atomic mass is 10.2. The van der Waals surface area contributed by atoms with Crippen molar-refractivity contribution < 1.29 is 9.90 Å². The molecule has 0 saturated carbocycles. The van der Waals surface area contributed by atoms with Crippen LogP contribution in [0.2, 0.25) is 0 Å². The first-order valence-electron chi connectivity index (χ1n) is 4.25. The van der Waals surface area contributed by atoms with Gasteiger partial charge in [-0.15, -0.1) is 6.42 Å². The molecule has 0 bridgehead atoms. The standard InChI is InChI=1S/C9H14N2O2/c1-3-4-11(2)9(13)8-5-7(12)6-10-8/h1,7-8,10,12H,4-6H2,2H3. The van der Waals surface area contributed by atoms with Gasteiger partial charge in [0.1, 0.15) is 0 Å². The highest BCUT2D eigenvalue weighted by molar-refractivity contribution is 5.82. The molecule has 0 spiro atoms. The van der Waals surface area contributed by atoms with Crippen LogP contribution in [0.1, 0.15) is 6.42 Å². The highest BCUT2D eigenvalue weighted by Gasteiger charge is 2.29. The van der Waals surface area contributed by atoms with Crippen molar-refractivity contribution in [1.82, 2.24) is 10.2 Å². The predicted octanol–water partition coefficient (Wildman–Crippen LogP) is -1.20. The van der Waals surface area contributed by atoms with E-state index in [1.807, 2.05) is 0 Å². The Morgan fingerprint density at radius 1 is 1.85 bits per heavy atom. The van der Waals surface area contributed by atoms with Crippen molar-refractivity contribution in [1.29, 1.82) is 0 Å². The van der Waals surface area contributed by atoms with Crippen LogP contribution >= 0.6 is 0 Å². The van der Waals surface area contributed by atoms with E-state index in [9.17, 15) is 9.90 Å². The number of β-amino-alcohol motifs (C(OH)–C–C–N with tert-alkyl or cyclic N) is 1. The SMILES string of the molecule is C#CCN(C)C(=O)C1CC(O)CN1. The smallest absolute Gasteiger partial charge is 0.240 e. The average Bonchev–Trinajstić information content (AvgIpc) is 2.51. The highest BCUT2D eigenvalue weighted by atomic mass is 16.3. The third kappa shape index (κ3) is 2.44. The Kier molecular flexibility index (Phi) is 3.29. The summed E-state index contributed by atoms with van der Waals surface area (Å²) in [6, 6.07) is -0.270. The monoisotopic (exact) mass is 182 g/mol. The van der Waals surface area contributed by atoms with Gasteiger partial charge in [0.2, 0.25) is 5.91 Å². The first kappa shape index (κ1) is 10.0. The first-order valence-corrected chi connectivity index (χ1v) is 4.25. The molecule has 1 aliphatic heterocycles. The molecule has 13 heavy (non-hydrogen) atoms. The molecule has 2 atom stereocenters. The molecule has 72 valence electrons. The van der Waals surface area contributed by atoms with Crippen LogP contribution in [0, 0.1) is 12.3 Å². The lowest BCUT2D eigenvalue weighted by Gasteiger charge is -2.18. The van der Waals surface area contributed by atoms with Gasteiger partial charge in [0, 0.05) is 13.6 Å². The van der Waals surface area contributed by atoms with Crippen molar-refractivity contribution in [2.45, 2.75) is 18.6 Å². The van der Waals surface area contributed by atoms with E-state index < -0.39 is 6.10 Å². The summed E-state index contributed by atoms with van der Waals surface area (Å²) in [5.41, 5.74) is 0. The Bertz CT molecular complexity index is 234. The molecule has 4 nitrogen and oxygen atoms in total. The van der Waals surface area contributed by atoms with Crippen molar-refractivity contribution in [2.24, 2.45) is 0 Å². The Morgan fingerprint density at radius 3 is 3.00 bits per heavy atom. The molecule has 0 aromatic heterocycles. The van der Waals surface area contributed by atoms with Crippen LogP contribution in [0.3, 0.4) is 0 Å². The fourth-order valence-corrected chi connectivity index (χ4v) is 1.39. The van der Waals surface area contributed by atoms with Gasteiger partial charge in [-0.25, -0.2) is 0 Å². The zero-order chi connectivity index (χ0) is 9.84. The normalized spacial score (nSPS) is 26.8. The lowest BCUT2D eigenvalue weighted by molar-refractivity contribution is -0.131. The Labute approximate surface area is 77.9 Å². The molecule has 0 aromatic rings. The quantitative estimate of drug-likeness (QED) is 0.527. The topological polar surface area (TPSA) is 52.6 Å². The number of carbonyl (C=O) groups excluding carboxylic acids is 1. The van der Waals surface area contributed by atoms with Crippen LogP contribution < -0.4 is 5.32 Å². The summed E-state index contributed by atoms with van der Waals surface area (Å²) >= 11 is 0. The summed E-state index contributed by atoms with van der Waals surface area (Å²) in [5.74, 6) is 2.35. The van der Waals surface area contributed by atoms with E-state index in [0.717, 1.165) is 0 Å². The summed E-state index contributed by atoms with van der Waals surface area (Å²) < 4.78 is 0. The van der Waals surface area contributed by atoms with Gasteiger partial charge in [0.05, 0.1) is 18.7 Å². The molecule has 1 heterocycles. The van der Waals surface area contributed by atoms with E-state index in [1.165, 1.54) is 4.90 Å². The fraction of sp³-hybridized carbons (Fsp3) is 0.667. The second kappa shape index (κ2) is 4.26. The van der Waals surface area contributed by atoms with Gasteiger partial charge < -0.3 is 15.3 Å². The Morgan fingerprint density at radius 2 is 2.54 bits per heavy atom. The van der Waals surface area contributed by atoms with E-state index in [1.54, 1.807) is 7.05 Å². The molecule has 1 rings (SSSR count). The van der Waals surface area contributed by atoms with Crippen molar-refractivity contribution >= 4 is 5.91 Å². The van der Waals surface area contributed by atoms with E-state index in [2.05, 4.69) is 11.2 Å². The molecule has 0 aliphatic carbocycles. The molecule has 4 heteroatoms. The molecular weight excluding hydrogens is 168 g/mol. The van der Waals surface area contributed by atoms with Gasteiger partial charge in [-0.2, -0.15) is 0 Å². The Hall–Kier alpha value is -1.05. The number of rotatable bonds is 2. The zero-order valence-electron chi connectivity index (χ0n) is 7.66. The summed E-state index contributed by atoms with van der Waals surface area (Å²) in [4.78, 5) is 13.0. The van der Waals surface area contributed by atoms with E-state index in [-0.39, 0.29) is 11.9 Å². The van der Waals surface area contributed by atoms with Crippen LogP contribution in [0.5, 0.6) is 0 Å². The number of hydrogen-bond acceptors (Lipinski definition) is 3. The predicted molar refractivity (Wildman–Crippen MR) is 48.9 cm³/mol. The maximum atomic E-state index is 11.5. The summed E-state index contributed by atoms with van der Waals surface area (Å²) in [7, 11) is 1.66. The van der Waals surface area contributed by atoms with Crippen LogP contribution in [0.4, 0.5) is 0 Å². The molecule has 1 saturated heterocycles. The van der Waals surface area contributed by atoms with Crippen LogP contribution in [-0.2, 0) is 4.79 Å². The highest BCUT2D eigenvalue weighted by Crippen LogP contribution is 2.08. The molecule has 0 radical (unpaired) electrons. The van der Waals surface area contributed by atoms with Gasteiger partial charge in [-0.05, 0) is 6.42 Å². The second-order valence-electron chi connectivity index (χ2n) is 3.25. The van der Waals surface area contributed by atoms with Gasteiger partial charge in [0.15, 0.2) is 0 Å². The molecule has 1 fully saturated rings. The summed E-state index contributed by atoms with van der Waals surface area (Å²) in [5, 5.41) is 12.1. The van der Waals surface area contributed by atoms with E-state index in [4.69, 9.17) is 6.42 Å². The average molecular weight is 182 g/mol. The molecular formula is C9H14N2O2. The van der Waals surface area contributed by atoms with E-state index >= 15 is 0 Å². The van der Waals surface area contributed by atoms with Crippen molar-refractivity contribution in [3.8, 4) is 12.3 Å².